The molecule has 0 heterocycles. The molecule has 0 amide bonds. The average molecular weight is 370 g/mol. The molecule has 2 aromatic rings. The van der Waals surface area contributed by atoms with E-state index in [2.05, 4.69) is 38.2 Å². The van der Waals surface area contributed by atoms with Crippen molar-refractivity contribution in [2.45, 2.75) is 57.7 Å². The monoisotopic (exact) mass is 369 g/mol. The van der Waals surface area contributed by atoms with Gasteiger partial charge in [0.05, 0.1) is 13.2 Å². The summed E-state index contributed by atoms with van der Waals surface area (Å²) < 4.78 is 11.0. The Morgan fingerprint density at radius 1 is 0.926 bits per heavy atom. The Morgan fingerprint density at radius 3 is 2.04 bits per heavy atom. The van der Waals surface area contributed by atoms with Gasteiger partial charge in [-0.1, -0.05) is 12.1 Å². The van der Waals surface area contributed by atoms with Gasteiger partial charge in [-0.2, -0.15) is 0 Å². The molecule has 27 heavy (non-hydrogen) atoms. The summed E-state index contributed by atoms with van der Waals surface area (Å²) in [6.45, 7) is 6.44. The minimum absolute atomic E-state index is 0.0288. The summed E-state index contributed by atoms with van der Waals surface area (Å²) in [7, 11) is 1.65. The number of aliphatic hydroxyl groups is 1. The van der Waals surface area contributed by atoms with Crippen LogP contribution in [0.25, 0.3) is 0 Å². The van der Waals surface area contributed by atoms with Crippen molar-refractivity contribution in [1.82, 2.24) is 5.32 Å². The second kappa shape index (κ2) is 8.32. The number of aliphatic hydroxyl groups excluding tert-OH is 1. The van der Waals surface area contributed by atoms with Gasteiger partial charge in [-0.15, -0.1) is 0 Å². The maximum atomic E-state index is 10.4. The topological polar surface area (TPSA) is 50.7 Å². The van der Waals surface area contributed by atoms with Crippen LogP contribution in [0.5, 0.6) is 17.2 Å². The lowest BCUT2D eigenvalue weighted by atomic mass is 9.97. The minimum atomic E-state index is -0.257. The van der Waals surface area contributed by atoms with E-state index in [0.717, 1.165) is 36.5 Å². The SMILES string of the molecule is COc1ccc(Oc2ccc(C[C@@H]3C[C@@H](O)[C@H](NC(C)(C)C)C3)cc2)cc1. The van der Waals surface area contributed by atoms with E-state index in [4.69, 9.17) is 9.47 Å². The van der Waals surface area contributed by atoms with Crippen LogP contribution < -0.4 is 14.8 Å². The van der Waals surface area contributed by atoms with Crippen molar-refractivity contribution >= 4 is 0 Å². The highest BCUT2D eigenvalue weighted by Crippen LogP contribution is 2.31. The largest absolute Gasteiger partial charge is 0.497 e. The Hall–Kier alpha value is -2.04. The van der Waals surface area contributed by atoms with Crippen LogP contribution in [0.4, 0.5) is 0 Å². The number of methoxy groups -OCH3 is 1. The van der Waals surface area contributed by atoms with Crippen LogP contribution in [-0.4, -0.2) is 29.9 Å². The van der Waals surface area contributed by atoms with Crippen LogP contribution in [0.1, 0.15) is 39.2 Å². The molecule has 2 N–H and O–H groups in total. The molecule has 1 saturated carbocycles. The van der Waals surface area contributed by atoms with Crippen LogP contribution in [0.15, 0.2) is 48.5 Å². The zero-order valence-electron chi connectivity index (χ0n) is 16.7. The summed E-state index contributed by atoms with van der Waals surface area (Å²) in [5, 5.41) is 13.9. The van der Waals surface area contributed by atoms with E-state index < -0.39 is 0 Å². The lowest BCUT2D eigenvalue weighted by molar-refractivity contribution is 0.133. The molecule has 1 aliphatic rings. The lowest BCUT2D eigenvalue weighted by Gasteiger charge is -2.27. The first-order valence-electron chi connectivity index (χ1n) is 9.69. The van der Waals surface area contributed by atoms with Gasteiger partial charge < -0.3 is 19.9 Å². The molecule has 0 aliphatic heterocycles. The predicted octanol–water partition coefficient (Wildman–Crippen LogP) is 4.56. The average Bonchev–Trinajstić information content (AvgIpc) is 2.94. The number of rotatable bonds is 6. The number of hydrogen-bond donors (Lipinski definition) is 2. The molecule has 4 nitrogen and oxygen atoms in total. The molecule has 1 aliphatic carbocycles. The van der Waals surface area contributed by atoms with E-state index in [1.165, 1.54) is 5.56 Å². The van der Waals surface area contributed by atoms with Gasteiger partial charge >= 0.3 is 0 Å². The first kappa shape index (κ1) is 19.7. The maximum Gasteiger partial charge on any atom is 0.127 e. The smallest absolute Gasteiger partial charge is 0.127 e. The van der Waals surface area contributed by atoms with Gasteiger partial charge in [0.1, 0.15) is 17.2 Å². The Bertz CT molecular complexity index is 719. The van der Waals surface area contributed by atoms with Crippen molar-refractivity contribution in [3.8, 4) is 17.2 Å². The van der Waals surface area contributed by atoms with Gasteiger partial charge in [-0.3, -0.25) is 0 Å². The lowest BCUT2D eigenvalue weighted by Crippen LogP contribution is -2.47. The molecule has 146 valence electrons. The van der Waals surface area contributed by atoms with E-state index in [0.29, 0.717) is 5.92 Å². The van der Waals surface area contributed by atoms with E-state index in [1.807, 2.05) is 36.4 Å². The van der Waals surface area contributed by atoms with Crippen LogP contribution in [0.3, 0.4) is 0 Å². The maximum absolute atomic E-state index is 10.4. The quantitative estimate of drug-likeness (QED) is 0.784. The van der Waals surface area contributed by atoms with Crippen molar-refractivity contribution in [2.24, 2.45) is 5.92 Å². The van der Waals surface area contributed by atoms with Gasteiger partial charge in [0.2, 0.25) is 0 Å². The molecule has 3 rings (SSSR count). The Labute approximate surface area is 162 Å². The van der Waals surface area contributed by atoms with Gasteiger partial charge in [0.25, 0.3) is 0 Å². The number of benzene rings is 2. The Kier molecular flexibility index (Phi) is 6.08. The second-order valence-electron chi connectivity index (χ2n) is 8.53. The first-order valence-corrected chi connectivity index (χ1v) is 9.69. The van der Waals surface area contributed by atoms with Crippen LogP contribution in [0, 0.1) is 5.92 Å². The first-order chi connectivity index (χ1) is 12.8. The molecule has 0 radical (unpaired) electrons. The molecular formula is C23H31NO3. The van der Waals surface area contributed by atoms with Crippen LogP contribution in [0.2, 0.25) is 0 Å². The molecule has 1 fully saturated rings. The third kappa shape index (κ3) is 5.72. The Balaban J connectivity index is 1.54. The summed E-state index contributed by atoms with van der Waals surface area (Å²) in [4.78, 5) is 0. The number of hydrogen-bond acceptors (Lipinski definition) is 4. The molecule has 0 unspecified atom stereocenters. The predicted molar refractivity (Wildman–Crippen MR) is 109 cm³/mol. The molecule has 2 aromatic carbocycles. The van der Waals surface area contributed by atoms with Gasteiger partial charge in [-0.05, 0) is 87.9 Å². The third-order valence-corrected chi connectivity index (χ3v) is 4.99. The van der Waals surface area contributed by atoms with E-state index in [-0.39, 0.29) is 17.7 Å². The highest BCUT2D eigenvalue weighted by atomic mass is 16.5. The fraction of sp³-hybridized carbons (Fsp3) is 0.478. The Morgan fingerprint density at radius 2 is 1.48 bits per heavy atom. The second-order valence-corrected chi connectivity index (χ2v) is 8.53. The summed E-state index contributed by atoms with van der Waals surface area (Å²) in [5.74, 6) is 2.94. The third-order valence-electron chi connectivity index (χ3n) is 4.99. The van der Waals surface area contributed by atoms with Crippen molar-refractivity contribution in [3.05, 3.63) is 54.1 Å². The van der Waals surface area contributed by atoms with Gasteiger partial charge in [0, 0.05) is 11.6 Å². The fourth-order valence-electron chi connectivity index (χ4n) is 3.80. The zero-order chi connectivity index (χ0) is 19.4. The van der Waals surface area contributed by atoms with Crippen LogP contribution in [-0.2, 0) is 6.42 Å². The summed E-state index contributed by atoms with van der Waals surface area (Å²) >= 11 is 0. The van der Waals surface area contributed by atoms with E-state index in [9.17, 15) is 5.11 Å². The number of ether oxygens (including phenoxy) is 2. The number of nitrogens with one attached hydrogen (secondary N) is 1. The van der Waals surface area contributed by atoms with E-state index in [1.54, 1.807) is 7.11 Å². The molecule has 4 heteroatoms. The van der Waals surface area contributed by atoms with Crippen LogP contribution >= 0.6 is 0 Å². The fourth-order valence-corrected chi connectivity index (χ4v) is 3.80. The van der Waals surface area contributed by atoms with Gasteiger partial charge in [0.15, 0.2) is 0 Å². The normalized spacial score (nSPS) is 22.6. The zero-order valence-corrected chi connectivity index (χ0v) is 16.7. The molecule has 0 saturated heterocycles. The molecule has 0 aromatic heterocycles. The van der Waals surface area contributed by atoms with Crippen molar-refractivity contribution in [3.63, 3.8) is 0 Å². The summed E-state index contributed by atoms with van der Waals surface area (Å²) in [6, 6.07) is 16.0. The van der Waals surface area contributed by atoms with Crippen molar-refractivity contribution < 1.29 is 14.6 Å². The summed E-state index contributed by atoms with van der Waals surface area (Å²) in [5.41, 5.74) is 1.31. The molecule has 0 bridgehead atoms. The molecule has 3 atom stereocenters. The minimum Gasteiger partial charge on any atom is -0.497 e. The standard InChI is InChI=1S/C23H31NO3/c1-23(2,3)24-21-14-17(15-22(21)25)13-16-5-7-19(8-6-16)27-20-11-9-18(26-4)10-12-20/h5-12,17,21-22,24-25H,13-15H2,1-4H3/t17-,21+,22+/m0/s1. The molecule has 0 spiro atoms. The van der Waals surface area contributed by atoms with E-state index >= 15 is 0 Å². The van der Waals surface area contributed by atoms with Crippen molar-refractivity contribution in [1.29, 1.82) is 0 Å². The van der Waals surface area contributed by atoms with Crippen molar-refractivity contribution in [2.75, 3.05) is 7.11 Å². The summed E-state index contributed by atoms with van der Waals surface area (Å²) in [6.07, 6.45) is 2.61. The highest BCUT2D eigenvalue weighted by Gasteiger charge is 2.34. The molecular weight excluding hydrogens is 338 g/mol. The van der Waals surface area contributed by atoms with Gasteiger partial charge in [-0.25, -0.2) is 0 Å². The highest BCUT2D eigenvalue weighted by molar-refractivity contribution is 5.36.